The van der Waals surface area contributed by atoms with Crippen LogP contribution >= 0.6 is 0 Å². The Kier molecular flexibility index (Phi) is 5.84. The second-order valence-corrected chi connectivity index (χ2v) is 5.70. The van der Waals surface area contributed by atoms with E-state index in [-0.39, 0.29) is 5.57 Å². The predicted octanol–water partition coefficient (Wildman–Crippen LogP) is 3.44. The molecule has 0 radical (unpaired) electrons. The van der Waals surface area contributed by atoms with Crippen molar-refractivity contribution in [1.82, 2.24) is 0 Å². The van der Waals surface area contributed by atoms with E-state index in [1.54, 1.807) is 48.5 Å². The Balaban J connectivity index is 2.34. The fourth-order valence-corrected chi connectivity index (χ4v) is 2.49. The molecular formula is C20H18O5. The summed E-state index contributed by atoms with van der Waals surface area (Å²) in [5, 5.41) is 18.9. The van der Waals surface area contributed by atoms with Gasteiger partial charge >= 0.3 is 11.9 Å². The lowest BCUT2D eigenvalue weighted by Crippen LogP contribution is -2.24. The summed E-state index contributed by atoms with van der Waals surface area (Å²) in [6.45, 7) is 1.82. The predicted molar refractivity (Wildman–Crippen MR) is 93.3 cm³/mol. The number of hydrogen-bond donors (Lipinski definition) is 2. The quantitative estimate of drug-likeness (QED) is 0.596. The van der Waals surface area contributed by atoms with Crippen molar-refractivity contribution in [2.45, 2.75) is 13.3 Å². The maximum absolute atomic E-state index is 12.4. The molecule has 0 aliphatic heterocycles. The number of hydrogen-bond acceptors (Lipinski definition) is 3. The van der Waals surface area contributed by atoms with Crippen LogP contribution in [0.3, 0.4) is 0 Å². The van der Waals surface area contributed by atoms with Crippen LogP contribution in [0.1, 0.15) is 27.9 Å². The van der Waals surface area contributed by atoms with Crippen LogP contribution in [0.2, 0.25) is 0 Å². The highest BCUT2D eigenvalue weighted by Gasteiger charge is 2.30. The summed E-state index contributed by atoms with van der Waals surface area (Å²) >= 11 is 0. The first kappa shape index (κ1) is 18.1. The molecule has 0 saturated heterocycles. The first-order valence-corrected chi connectivity index (χ1v) is 7.71. The molecule has 0 spiro atoms. The standard InChI is InChI=1S/C20H18O5/c1-13-6-5-9-15(10-13)18(21)12-17(20(24)25)16(19(22)23)11-14-7-3-2-4-8-14/h2-11,17H,12H2,1H3,(H,22,23)(H,24,25). The summed E-state index contributed by atoms with van der Waals surface area (Å²) in [5.74, 6) is -4.53. The topological polar surface area (TPSA) is 91.7 Å². The average Bonchev–Trinajstić information content (AvgIpc) is 2.58. The van der Waals surface area contributed by atoms with Gasteiger partial charge in [0.05, 0.1) is 11.5 Å². The second-order valence-electron chi connectivity index (χ2n) is 5.70. The first-order chi connectivity index (χ1) is 11.9. The van der Waals surface area contributed by atoms with Crippen LogP contribution in [-0.4, -0.2) is 27.9 Å². The van der Waals surface area contributed by atoms with Gasteiger partial charge in [-0.25, -0.2) is 4.79 Å². The zero-order valence-corrected chi connectivity index (χ0v) is 13.7. The molecule has 0 amide bonds. The lowest BCUT2D eigenvalue weighted by molar-refractivity contribution is -0.143. The number of carboxylic acid groups (broad SMARTS) is 2. The van der Waals surface area contributed by atoms with Crippen molar-refractivity contribution >= 4 is 23.8 Å². The Labute approximate surface area is 145 Å². The van der Waals surface area contributed by atoms with Crippen LogP contribution in [0.25, 0.3) is 6.08 Å². The maximum atomic E-state index is 12.4. The van der Waals surface area contributed by atoms with Crippen LogP contribution in [0.4, 0.5) is 0 Å². The minimum Gasteiger partial charge on any atom is -0.481 e. The molecule has 25 heavy (non-hydrogen) atoms. The van der Waals surface area contributed by atoms with Gasteiger partial charge in [0.15, 0.2) is 5.78 Å². The van der Waals surface area contributed by atoms with Gasteiger partial charge in [-0.3, -0.25) is 9.59 Å². The molecule has 0 fully saturated rings. The van der Waals surface area contributed by atoms with E-state index in [4.69, 9.17) is 0 Å². The molecule has 2 aromatic carbocycles. The zero-order chi connectivity index (χ0) is 18.4. The van der Waals surface area contributed by atoms with Gasteiger partial charge in [-0.2, -0.15) is 0 Å². The molecule has 0 aromatic heterocycles. The van der Waals surface area contributed by atoms with E-state index in [1.165, 1.54) is 6.08 Å². The summed E-state index contributed by atoms with van der Waals surface area (Å²) in [6, 6.07) is 15.3. The van der Waals surface area contributed by atoms with E-state index in [2.05, 4.69) is 0 Å². The molecule has 2 rings (SSSR count). The zero-order valence-electron chi connectivity index (χ0n) is 13.7. The Bertz CT molecular complexity index is 821. The molecule has 1 atom stereocenters. The van der Waals surface area contributed by atoms with Gasteiger partial charge in [-0.15, -0.1) is 0 Å². The van der Waals surface area contributed by atoms with E-state index in [9.17, 15) is 24.6 Å². The van der Waals surface area contributed by atoms with Crippen molar-refractivity contribution in [2.75, 3.05) is 0 Å². The van der Waals surface area contributed by atoms with Gasteiger partial charge < -0.3 is 10.2 Å². The smallest absolute Gasteiger partial charge is 0.332 e. The minimum atomic E-state index is -1.43. The summed E-state index contributed by atoms with van der Waals surface area (Å²) in [5.41, 5.74) is 1.49. The van der Waals surface area contributed by atoms with Crippen molar-refractivity contribution in [3.05, 3.63) is 76.9 Å². The highest BCUT2D eigenvalue weighted by atomic mass is 16.4. The van der Waals surface area contributed by atoms with Crippen molar-refractivity contribution in [3.63, 3.8) is 0 Å². The SMILES string of the molecule is Cc1cccc(C(=O)CC(C(=O)O)C(=Cc2ccccc2)C(=O)O)c1. The van der Waals surface area contributed by atoms with Crippen LogP contribution in [0.15, 0.2) is 60.2 Å². The Morgan fingerprint density at radius 3 is 2.24 bits per heavy atom. The maximum Gasteiger partial charge on any atom is 0.332 e. The number of carboxylic acids is 2. The van der Waals surface area contributed by atoms with E-state index >= 15 is 0 Å². The van der Waals surface area contributed by atoms with E-state index in [1.807, 2.05) is 13.0 Å². The third-order valence-electron chi connectivity index (χ3n) is 3.77. The van der Waals surface area contributed by atoms with E-state index in [0.717, 1.165) is 5.56 Å². The minimum absolute atomic E-state index is 0.320. The van der Waals surface area contributed by atoms with Gasteiger partial charge in [-0.1, -0.05) is 54.1 Å². The van der Waals surface area contributed by atoms with Crippen molar-refractivity contribution < 1.29 is 24.6 Å². The van der Waals surface area contributed by atoms with Crippen LogP contribution < -0.4 is 0 Å². The summed E-state index contributed by atoms with van der Waals surface area (Å²) in [6.07, 6.45) is 0.883. The number of Topliss-reactive ketones (excluding diaryl/α,β-unsaturated/α-hetero) is 1. The molecule has 0 heterocycles. The van der Waals surface area contributed by atoms with Crippen molar-refractivity contribution in [3.8, 4) is 0 Å². The highest BCUT2D eigenvalue weighted by Crippen LogP contribution is 2.22. The number of rotatable bonds is 7. The molecule has 5 heteroatoms. The number of carbonyl (C=O) groups excluding carboxylic acids is 1. The van der Waals surface area contributed by atoms with Crippen LogP contribution in [-0.2, 0) is 9.59 Å². The molecular weight excluding hydrogens is 320 g/mol. The number of aryl methyl sites for hydroxylation is 1. The third kappa shape index (κ3) is 4.88. The Hall–Kier alpha value is -3.21. The summed E-state index contributed by atoms with van der Waals surface area (Å²) < 4.78 is 0. The average molecular weight is 338 g/mol. The first-order valence-electron chi connectivity index (χ1n) is 7.71. The molecule has 2 N–H and O–H groups in total. The molecule has 1 unspecified atom stereocenters. The molecule has 128 valence electrons. The fraction of sp³-hybridized carbons (Fsp3) is 0.150. The number of benzene rings is 2. The normalized spacial score (nSPS) is 12.4. The van der Waals surface area contributed by atoms with E-state index < -0.39 is 30.1 Å². The Morgan fingerprint density at radius 2 is 1.68 bits per heavy atom. The monoisotopic (exact) mass is 338 g/mol. The van der Waals surface area contributed by atoms with Gasteiger partial charge in [0.25, 0.3) is 0 Å². The second kappa shape index (κ2) is 8.06. The molecule has 0 aliphatic rings. The Morgan fingerprint density at radius 1 is 1.00 bits per heavy atom. The largest absolute Gasteiger partial charge is 0.481 e. The van der Waals surface area contributed by atoms with Crippen LogP contribution in [0, 0.1) is 12.8 Å². The third-order valence-corrected chi connectivity index (χ3v) is 3.77. The number of carbonyl (C=O) groups is 3. The van der Waals surface area contributed by atoms with Gasteiger partial charge in [-0.05, 0) is 24.6 Å². The summed E-state index contributed by atoms with van der Waals surface area (Å²) in [7, 11) is 0. The molecule has 0 bridgehead atoms. The van der Waals surface area contributed by atoms with Gasteiger partial charge in [0.2, 0.25) is 0 Å². The van der Waals surface area contributed by atoms with Gasteiger partial charge in [0, 0.05) is 12.0 Å². The van der Waals surface area contributed by atoms with Crippen LogP contribution in [0.5, 0.6) is 0 Å². The lowest BCUT2D eigenvalue weighted by atomic mass is 9.89. The fourth-order valence-electron chi connectivity index (χ4n) is 2.49. The van der Waals surface area contributed by atoms with E-state index in [0.29, 0.717) is 11.1 Å². The number of aliphatic carboxylic acids is 2. The number of ketones is 1. The molecule has 2 aromatic rings. The summed E-state index contributed by atoms with van der Waals surface area (Å²) in [4.78, 5) is 35.6. The molecule has 0 aliphatic carbocycles. The van der Waals surface area contributed by atoms with Crippen molar-refractivity contribution in [1.29, 1.82) is 0 Å². The highest BCUT2D eigenvalue weighted by molar-refractivity contribution is 6.03. The van der Waals surface area contributed by atoms with Gasteiger partial charge in [0.1, 0.15) is 0 Å². The molecule has 5 nitrogen and oxygen atoms in total. The lowest BCUT2D eigenvalue weighted by Gasteiger charge is -2.13. The molecule has 0 saturated carbocycles. The van der Waals surface area contributed by atoms with Crippen molar-refractivity contribution in [2.24, 2.45) is 5.92 Å².